The third-order valence-corrected chi connectivity index (χ3v) is 3.97. The first-order chi connectivity index (χ1) is 9.34. The number of aromatic nitrogens is 2. The number of carbonyl (C=O) groups is 1. The van der Waals surface area contributed by atoms with Gasteiger partial charge in [0.15, 0.2) is 9.84 Å². The van der Waals surface area contributed by atoms with Gasteiger partial charge in [0.1, 0.15) is 12.1 Å². The molecule has 0 radical (unpaired) electrons. The van der Waals surface area contributed by atoms with Gasteiger partial charge in [-0.3, -0.25) is 4.79 Å². The number of fused-ring (bicyclic) bond motifs is 1. The number of amides is 1. The van der Waals surface area contributed by atoms with Crippen LogP contribution >= 0.6 is 0 Å². The molecule has 0 atom stereocenters. The molecule has 3 N–H and O–H groups in total. The van der Waals surface area contributed by atoms with Crippen LogP contribution in [0.2, 0.25) is 0 Å². The minimum Gasteiger partial charge on any atom is -0.369 e. The molecule has 20 heavy (non-hydrogen) atoms. The van der Waals surface area contributed by atoms with E-state index in [9.17, 15) is 13.2 Å². The van der Waals surface area contributed by atoms with Crippen molar-refractivity contribution in [1.82, 2.24) is 14.9 Å². The molecule has 1 aromatic carbocycles. The van der Waals surface area contributed by atoms with Crippen LogP contribution in [0.15, 0.2) is 23.1 Å². The first-order valence-electron chi connectivity index (χ1n) is 6.06. The number of likely N-dealkylation sites (N-methyl/N-ethyl adjacent to an activating group) is 1. The highest BCUT2D eigenvalue weighted by atomic mass is 32.2. The fraction of sp³-hybridized carbons (Fsp3) is 0.333. The Morgan fingerprint density at radius 2 is 2.15 bits per heavy atom. The van der Waals surface area contributed by atoms with Gasteiger partial charge in [-0.05, 0) is 19.1 Å². The molecule has 0 aliphatic rings. The normalized spacial score (nSPS) is 11.7. The molecule has 0 fully saturated rings. The van der Waals surface area contributed by atoms with Crippen molar-refractivity contribution in [2.24, 2.45) is 0 Å². The molecule has 0 saturated carbocycles. The van der Waals surface area contributed by atoms with Crippen molar-refractivity contribution in [1.29, 1.82) is 0 Å². The quantitative estimate of drug-likeness (QED) is 0.835. The fourth-order valence-corrected chi connectivity index (χ4v) is 2.83. The Labute approximate surface area is 116 Å². The number of para-hydroxylation sites is 1. The number of nitrogens with one attached hydrogen (secondary N) is 1. The van der Waals surface area contributed by atoms with Crippen LogP contribution in [0, 0.1) is 0 Å². The summed E-state index contributed by atoms with van der Waals surface area (Å²) in [5, 5.41) is 2.66. The Kier molecular flexibility index (Phi) is 3.67. The lowest BCUT2D eigenvalue weighted by molar-refractivity contribution is -0.121. The summed E-state index contributed by atoms with van der Waals surface area (Å²) in [6.07, 6.45) is 1.11. The highest BCUT2D eigenvalue weighted by Gasteiger charge is 2.18. The summed E-state index contributed by atoms with van der Waals surface area (Å²) in [5.41, 5.74) is 6.60. The van der Waals surface area contributed by atoms with Gasteiger partial charge in [0, 0.05) is 12.8 Å². The van der Waals surface area contributed by atoms with E-state index in [1.807, 2.05) is 6.92 Å². The zero-order valence-corrected chi connectivity index (χ0v) is 12.1. The van der Waals surface area contributed by atoms with Crippen molar-refractivity contribution in [3.8, 4) is 0 Å². The number of imidazole rings is 1. The summed E-state index contributed by atoms with van der Waals surface area (Å²) in [5.74, 6) is -0.0920. The summed E-state index contributed by atoms with van der Waals surface area (Å²) in [6, 6.07) is 4.77. The molecule has 1 heterocycles. The van der Waals surface area contributed by atoms with Crippen LogP contribution in [-0.2, 0) is 21.2 Å². The number of nitrogen functional groups attached to an aromatic ring is 1. The van der Waals surface area contributed by atoms with Crippen LogP contribution in [0.5, 0.6) is 0 Å². The first kappa shape index (κ1) is 14.3. The number of hydrogen-bond acceptors (Lipinski definition) is 5. The number of sulfone groups is 1. The number of anilines is 1. The lowest BCUT2D eigenvalue weighted by Gasteiger charge is -2.06. The number of benzene rings is 1. The maximum atomic E-state index is 11.7. The van der Waals surface area contributed by atoms with E-state index in [0.717, 1.165) is 6.26 Å². The third-order valence-electron chi connectivity index (χ3n) is 2.85. The second-order valence-electron chi connectivity index (χ2n) is 4.41. The van der Waals surface area contributed by atoms with Crippen molar-refractivity contribution >= 4 is 32.7 Å². The Bertz CT molecular complexity index is 764. The van der Waals surface area contributed by atoms with E-state index in [0.29, 0.717) is 12.1 Å². The van der Waals surface area contributed by atoms with E-state index in [-0.39, 0.29) is 28.8 Å². The maximum Gasteiger partial charge on any atom is 0.240 e. The molecule has 2 rings (SSSR count). The van der Waals surface area contributed by atoms with Crippen LogP contribution in [0.3, 0.4) is 0 Å². The molecule has 0 aliphatic heterocycles. The largest absolute Gasteiger partial charge is 0.369 e. The van der Waals surface area contributed by atoms with Crippen LogP contribution in [0.25, 0.3) is 11.0 Å². The SMILES string of the molecule is CCNC(=O)Cn1c(N)nc2c(S(C)(=O)=O)cccc21. The molecule has 0 unspecified atom stereocenters. The van der Waals surface area contributed by atoms with Gasteiger partial charge in [-0.25, -0.2) is 13.4 Å². The first-order valence-corrected chi connectivity index (χ1v) is 7.95. The Hall–Kier alpha value is -2.09. The van der Waals surface area contributed by atoms with E-state index < -0.39 is 9.84 Å². The van der Waals surface area contributed by atoms with E-state index >= 15 is 0 Å². The molecule has 1 amide bonds. The van der Waals surface area contributed by atoms with Crippen LogP contribution < -0.4 is 11.1 Å². The second kappa shape index (κ2) is 5.12. The van der Waals surface area contributed by atoms with Gasteiger partial charge in [0.05, 0.1) is 10.4 Å². The fourth-order valence-electron chi connectivity index (χ4n) is 2.00. The maximum absolute atomic E-state index is 11.7. The lowest BCUT2D eigenvalue weighted by atomic mass is 10.3. The van der Waals surface area contributed by atoms with Crippen molar-refractivity contribution in [2.75, 3.05) is 18.5 Å². The number of carbonyl (C=O) groups excluding carboxylic acids is 1. The van der Waals surface area contributed by atoms with Crippen LogP contribution in [0.1, 0.15) is 6.92 Å². The molecule has 108 valence electrons. The zero-order valence-electron chi connectivity index (χ0n) is 11.3. The molecule has 7 nitrogen and oxygen atoms in total. The van der Waals surface area contributed by atoms with E-state index in [1.165, 1.54) is 10.6 Å². The van der Waals surface area contributed by atoms with Gasteiger partial charge in [-0.2, -0.15) is 0 Å². The highest BCUT2D eigenvalue weighted by molar-refractivity contribution is 7.91. The number of nitrogens with two attached hydrogens (primary N) is 1. The smallest absolute Gasteiger partial charge is 0.240 e. The average molecular weight is 296 g/mol. The van der Waals surface area contributed by atoms with Crippen LogP contribution in [-0.4, -0.2) is 36.7 Å². The Balaban J connectivity index is 2.58. The summed E-state index contributed by atoms with van der Waals surface area (Å²) >= 11 is 0. The van der Waals surface area contributed by atoms with Gasteiger partial charge in [0.2, 0.25) is 11.9 Å². The molecule has 0 aliphatic carbocycles. The van der Waals surface area contributed by atoms with E-state index in [2.05, 4.69) is 10.3 Å². The summed E-state index contributed by atoms with van der Waals surface area (Å²) < 4.78 is 24.9. The molecular weight excluding hydrogens is 280 g/mol. The summed E-state index contributed by atoms with van der Waals surface area (Å²) in [4.78, 5) is 15.8. The molecule has 2 aromatic rings. The number of rotatable bonds is 4. The predicted octanol–water partition coefficient (Wildman–Crippen LogP) is 0.158. The monoisotopic (exact) mass is 296 g/mol. The third kappa shape index (κ3) is 2.60. The van der Waals surface area contributed by atoms with E-state index in [4.69, 9.17) is 5.73 Å². The number of hydrogen-bond donors (Lipinski definition) is 2. The highest BCUT2D eigenvalue weighted by Crippen LogP contribution is 2.24. The molecule has 0 bridgehead atoms. The lowest BCUT2D eigenvalue weighted by Crippen LogP contribution is -2.27. The zero-order chi connectivity index (χ0) is 14.9. The van der Waals surface area contributed by atoms with E-state index in [1.54, 1.807) is 12.1 Å². The van der Waals surface area contributed by atoms with Gasteiger partial charge in [0.25, 0.3) is 0 Å². The van der Waals surface area contributed by atoms with Crippen molar-refractivity contribution < 1.29 is 13.2 Å². The summed E-state index contributed by atoms with van der Waals surface area (Å²) in [7, 11) is -3.40. The van der Waals surface area contributed by atoms with Gasteiger partial charge in [-0.1, -0.05) is 6.07 Å². The standard InChI is InChI=1S/C12H16N4O3S/c1-3-14-10(17)7-16-8-5-4-6-9(20(2,18)19)11(8)15-12(16)13/h4-6H,3,7H2,1-2H3,(H2,13,15)(H,14,17). The predicted molar refractivity (Wildman–Crippen MR) is 75.9 cm³/mol. The molecule has 0 saturated heterocycles. The van der Waals surface area contributed by atoms with Gasteiger partial charge < -0.3 is 15.6 Å². The van der Waals surface area contributed by atoms with Gasteiger partial charge in [-0.15, -0.1) is 0 Å². The molecule has 1 aromatic heterocycles. The van der Waals surface area contributed by atoms with Gasteiger partial charge >= 0.3 is 0 Å². The van der Waals surface area contributed by atoms with Crippen molar-refractivity contribution in [3.05, 3.63) is 18.2 Å². The molecule has 0 spiro atoms. The Morgan fingerprint density at radius 3 is 2.75 bits per heavy atom. The minimum atomic E-state index is -3.40. The topological polar surface area (TPSA) is 107 Å². The van der Waals surface area contributed by atoms with Crippen molar-refractivity contribution in [3.63, 3.8) is 0 Å². The second-order valence-corrected chi connectivity index (χ2v) is 6.39. The Morgan fingerprint density at radius 1 is 1.45 bits per heavy atom. The number of nitrogens with zero attached hydrogens (tertiary/aromatic N) is 2. The average Bonchev–Trinajstić information content (AvgIpc) is 2.65. The molecular formula is C12H16N4O3S. The molecule has 8 heteroatoms. The minimum absolute atomic E-state index is 0.00336. The summed E-state index contributed by atoms with van der Waals surface area (Å²) in [6.45, 7) is 2.33. The van der Waals surface area contributed by atoms with Crippen molar-refractivity contribution in [2.45, 2.75) is 18.4 Å². The van der Waals surface area contributed by atoms with Crippen LogP contribution in [0.4, 0.5) is 5.95 Å².